The Morgan fingerprint density at radius 2 is 2.14 bits per heavy atom. The van der Waals surface area contributed by atoms with Gasteiger partial charge in [0, 0.05) is 36.5 Å². The van der Waals surface area contributed by atoms with Gasteiger partial charge in [0.15, 0.2) is 5.82 Å². The number of nitrogens with one attached hydrogen (secondary N) is 1. The third-order valence-electron chi connectivity index (χ3n) is 5.91. The number of hydrogen-bond acceptors (Lipinski definition) is 8. The summed E-state index contributed by atoms with van der Waals surface area (Å²) < 4.78 is 26.9. The Hall–Kier alpha value is -4.11. The Bertz CT molecular complexity index is 1330. The molecule has 3 aromatic rings. The normalized spacial score (nSPS) is 15.1. The summed E-state index contributed by atoms with van der Waals surface area (Å²) in [4.78, 5) is 16.8. The number of fused-ring (bicyclic) bond motifs is 1. The maximum atomic E-state index is 15.2. The van der Waals surface area contributed by atoms with Crippen molar-refractivity contribution in [1.82, 2.24) is 9.97 Å². The molecule has 1 atom stereocenters. The van der Waals surface area contributed by atoms with Gasteiger partial charge in [-0.05, 0) is 43.5 Å². The highest BCUT2D eigenvalue weighted by atomic mass is 19.1. The zero-order valence-corrected chi connectivity index (χ0v) is 19.7. The van der Waals surface area contributed by atoms with Crippen LogP contribution in [0.3, 0.4) is 0 Å². The van der Waals surface area contributed by atoms with Crippen LogP contribution in [-0.4, -0.2) is 49.3 Å². The average molecular weight is 475 g/mol. The number of halogens is 1. The summed E-state index contributed by atoms with van der Waals surface area (Å²) in [6.07, 6.45) is 5.83. The summed E-state index contributed by atoms with van der Waals surface area (Å²) >= 11 is 0. The van der Waals surface area contributed by atoms with Crippen LogP contribution < -0.4 is 15.8 Å². The van der Waals surface area contributed by atoms with E-state index in [1.54, 1.807) is 25.4 Å². The van der Waals surface area contributed by atoms with Crippen molar-refractivity contribution < 1.29 is 13.9 Å². The zero-order chi connectivity index (χ0) is 24.9. The third kappa shape index (κ3) is 4.76. The van der Waals surface area contributed by atoms with Crippen molar-refractivity contribution in [1.29, 1.82) is 0 Å². The fourth-order valence-corrected chi connectivity index (χ4v) is 3.82. The molecule has 4 rings (SSSR count). The standard InChI is InChI=1S/C26H27FN6O2/c1-5-19-20(30-4)6-7-21(25(19)27)33-26-24-22(31-14-32-26)8-16(17(10-28)11-29-3)9-23(24)35-15(2)18-12-34-13-18/h5-11,14-15,18H,1,4,12-13,28H2,2-3H3,(H,31,32,33)/b17-10+,29-11?. The van der Waals surface area contributed by atoms with E-state index in [9.17, 15) is 0 Å². The summed E-state index contributed by atoms with van der Waals surface area (Å²) in [6, 6.07) is 6.97. The van der Waals surface area contributed by atoms with E-state index in [1.165, 1.54) is 18.6 Å². The fraction of sp³-hybridized carbons (Fsp3) is 0.231. The quantitative estimate of drug-likeness (QED) is 0.427. The van der Waals surface area contributed by atoms with Crippen molar-refractivity contribution in [2.24, 2.45) is 21.6 Å². The number of nitrogens with zero attached hydrogens (tertiary/aromatic N) is 4. The molecule has 1 unspecified atom stereocenters. The Kier molecular flexibility index (Phi) is 7.17. The van der Waals surface area contributed by atoms with E-state index in [0.29, 0.717) is 46.9 Å². The molecule has 0 radical (unpaired) electrons. The van der Waals surface area contributed by atoms with Gasteiger partial charge in [0.1, 0.15) is 24.0 Å². The second-order valence-corrected chi connectivity index (χ2v) is 8.07. The minimum atomic E-state index is -0.511. The van der Waals surface area contributed by atoms with Gasteiger partial charge in [0.25, 0.3) is 0 Å². The predicted octanol–water partition coefficient (Wildman–Crippen LogP) is 4.90. The van der Waals surface area contributed by atoms with Crippen molar-refractivity contribution in [2.45, 2.75) is 13.0 Å². The van der Waals surface area contributed by atoms with E-state index in [2.05, 4.69) is 38.6 Å². The van der Waals surface area contributed by atoms with Gasteiger partial charge < -0.3 is 20.5 Å². The van der Waals surface area contributed by atoms with E-state index < -0.39 is 5.82 Å². The van der Waals surface area contributed by atoms with Gasteiger partial charge >= 0.3 is 0 Å². The lowest BCUT2D eigenvalue weighted by Gasteiger charge is -2.32. The number of allylic oxidation sites excluding steroid dienone is 1. The van der Waals surface area contributed by atoms with E-state index in [1.807, 2.05) is 19.1 Å². The van der Waals surface area contributed by atoms with Crippen LogP contribution in [0.5, 0.6) is 5.75 Å². The van der Waals surface area contributed by atoms with Gasteiger partial charge in [-0.15, -0.1) is 0 Å². The maximum absolute atomic E-state index is 15.2. The number of benzene rings is 2. The molecule has 8 nitrogen and oxygen atoms in total. The third-order valence-corrected chi connectivity index (χ3v) is 5.91. The van der Waals surface area contributed by atoms with Crippen LogP contribution in [0.25, 0.3) is 22.6 Å². The number of anilines is 2. The first-order valence-corrected chi connectivity index (χ1v) is 11.1. The summed E-state index contributed by atoms with van der Waals surface area (Å²) in [5.41, 5.74) is 8.80. The molecule has 3 N–H and O–H groups in total. The van der Waals surface area contributed by atoms with Crippen LogP contribution in [0.1, 0.15) is 18.1 Å². The lowest BCUT2D eigenvalue weighted by atomic mass is 10.0. The van der Waals surface area contributed by atoms with Gasteiger partial charge in [-0.1, -0.05) is 12.7 Å². The molecule has 1 aliphatic heterocycles. The van der Waals surface area contributed by atoms with Crippen molar-refractivity contribution in [3.8, 4) is 5.75 Å². The summed E-state index contributed by atoms with van der Waals surface area (Å²) in [7, 11) is 1.67. The molecule has 0 amide bonds. The van der Waals surface area contributed by atoms with Gasteiger partial charge in [0.05, 0.1) is 35.5 Å². The molecule has 0 aliphatic carbocycles. The smallest absolute Gasteiger partial charge is 0.156 e. The Labute approximate surface area is 203 Å². The summed E-state index contributed by atoms with van der Waals surface area (Å²) in [5.74, 6) is 0.688. The first kappa shape index (κ1) is 24.0. The van der Waals surface area contributed by atoms with Gasteiger partial charge in [-0.25, -0.2) is 14.4 Å². The Balaban J connectivity index is 1.85. The van der Waals surface area contributed by atoms with Crippen molar-refractivity contribution in [3.63, 3.8) is 0 Å². The average Bonchev–Trinajstić information content (AvgIpc) is 2.82. The number of ether oxygens (including phenoxy) is 2. The first-order valence-electron chi connectivity index (χ1n) is 11.1. The minimum absolute atomic E-state index is 0.123. The van der Waals surface area contributed by atoms with Gasteiger partial charge in [0.2, 0.25) is 0 Å². The monoisotopic (exact) mass is 474 g/mol. The topological polar surface area (TPSA) is 107 Å². The highest BCUT2D eigenvalue weighted by Gasteiger charge is 2.28. The molecular formula is C26H27FN6O2. The van der Waals surface area contributed by atoms with Crippen LogP contribution in [-0.2, 0) is 4.74 Å². The van der Waals surface area contributed by atoms with Crippen LogP contribution in [0.2, 0.25) is 0 Å². The van der Waals surface area contributed by atoms with Crippen molar-refractivity contribution >= 4 is 52.7 Å². The van der Waals surface area contributed by atoms with Crippen LogP contribution in [0.15, 0.2) is 53.4 Å². The molecule has 0 spiro atoms. The Morgan fingerprint density at radius 1 is 1.34 bits per heavy atom. The van der Waals surface area contributed by atoms with E-state index >= 15 is 4.39 Å². The maximum Gasteiger partial charge on any atom is 0.156 e. The summed E-state index contributed by atoms with van der Waals surface area (Å²) in [5, 5.41) is 3.70. The molecule has 9 heteroatoms. The van der Waals surface area contributed by atoms with Crippen LogP contribution >= 0.6 is 0 Å². The second-order valence-electron chi connectivity index (χ2n) is 8.07. The lowest BCUT2D eigenvalue weighted by Crippen LogP contribution is -2.39. The number of aromatic nitrogens is 2. The Morgan fingerprint density at radius 3 is 2.77 bits per heavy atom. The molecule has 0 bridgehead atoms. The number of hydrogen-bond donors (Lipinski definition) is 2. The van der Waals surface area contributed by atoms with E-state index in [-0.39, 0.29) is 23.3 Å². The van der Waals surface area contributed by atoms with E-state index in [4.69, 9.17) is 15.2 Å². The highest BCUT2D eigenvalue weighted by molar-refractivity contribution is 6.11. The number of rotatable bonds is 9. The SMILES string of the molecule is C=Cc1c(N=C)ccc(Nc2ncnc3cc(/C(C=NC)=C/N)cc(OC(C)C4COC4)c23)c1F. The molecule has 1 saturated heterocycles. The molecule has 35 heavy (non-hydrogen) atoms. The molecule has 0 saturated carbocycles. The first-order chi connectivity index (χ1) is 17.0. The van der Waals surface area contributed by atoms with Crippen LogP contribution in [0.4, 0.5) is 21.6 Å². The predicted molar refractivity (Wildman–Crippen MR) is 140 cm³/mol. The largest absolute Gasteiger partial charge is 0.489 e. The highest BCUT2D eigenvalue weighted by Crippen LogP contribution is 2.37. The van der Waals surface area contributed by atoms with Gasteiger partial charge in [-0.2, -0.15) is 0 Å². The molecule has 1 fully saturated rings. The minimum Gasteiger partial charge on any atom is -0.489 e. The second kappa shape index (κ2) is 10.4. The van der Waals surface area contributed by atoms with Crippen molar-refractivity contribution in [3.05, 3.63) is 60.3 Å². The molecule has 1 aliphatic rings. The molecule has 2 heterocycles. The molecule has 2 aromatic carbocycles. The molecule has 1 aromatic heterocycles. The number of aliphatic imine (C=N–C) groups is 2. The zero-order valence-electron chi connectivity index (χ0n) is 19.7. The van der Waals surface area contributed by atoms with Crippen molar-refractivity contribution in [2.75, 3.05) is 25.6 Å². The fourth-order valence-electron chi connectivity index (χ4n) is 3.82. The number of nitrogens with two attached hydrogens (primary N) is 1. The lowest BCUT2D eigenvalue weighted by molar-refractivity contribution is -0.0773. The molecular weight excluding hydrogens is 447 g/mol. The van der Waals surface area contributed by atoms with E-state index in [0.717, 1.165) is 5.56 Å². The van der Waals surface area contributed by atoms with Gasteiger partial charge in [-0.3, -0.25) is 9.98 Å². The summed E-state index contributed by atoms with van der Waals surface area (Å²) in [6.45, 7) is 10.4. The molecule has 180 valence electrons. The van der Waals surface area contributed by atoms with Crippen LogP contribution in [0, 0.1) is 11.7 Å².